The summed E-state index contributed by atoms with van der Waals surface area (Å²) in [5.74, 6) is -0.865. The van der Waals surface area contributed by atoms with Crippen molar-refractivity contribution in [1.29, 1.82) is 0 Å². The number of aliphatic hydroxyl groups is 1. The Morgan fingerprint density at radius 2 is 1.75 bits per heavy atom. The Labute approximate surface area is 213 Å². The third kappa shape index (κ3) is 5.47. The van der Waals surface area contributed by atoms with Crippen molar-refractivity contribution in [1.82, 2.24) is 9.80 Å². The Morgan fingerprint density at radius 3 is 2.39 bits per heavy atom. The lowest BCUT2D eigenvalue weighted by atomic mass is 9.85. The van der Waals surface area contributed by atoms with Gasteiger partial charge in [-0.3, -0.25) is 14.5 Å². The SMILES string of the molecule is COc1cccc(C(O)=C2C(=O)C(=O)N(CCCN3CCOCC3)[C@H]2c2ccc(C(C)(C)C)cc2)c1. The van der Waals surface area contributed by atoms with Crippen LogP contribution < -0.4 is 4.74 Å². The molecule has 2 heterocycles. The number of rotatable bonds is 7. The Bertz CT molecular complexity index is 1130. The van der Waals surface area contributed by atoms with Gasteiger partial charge in [0.05, 0.1) is 31.9 Å². The molecule has 2 aromatic rings. The van der Waals surface area contributed by atoms with Crippen LogP contribution in [0.25, 0.3) is 5.76 Å². The number of nitrogens with zero attached hydrogens (tertiary/aromatic N) is 2. The van der Waals surface area contributed by atoms with Crippen molar-refractivity contribution in [2.24, 2.45) is 0 Å². The summed E-state index contributed by atoms with van der Waals surface area (Å²) >= 11 is 0. The van der Waals surface area contributed by atoms with Gasteiger partial charge < -0.3 is 19.5 Å². The Kier molecular flexibility index (Phi) is 7.81. The van der Waals surface area contributed by atoms with E-state index in [1.165, 1.54) is 0 Å². The molecule has 0 radical (unpaired) electrons. The van der Waals surface area contributed by atoms with Crippen LogP contribution in [0, 0.1) is 0 Å². The van der Waals surface area contributed by atoms with Gasteiger partial charge >= 0.3 is 0 Å². The van der Waals surface area contributed by atoms with Gasteiger partial charge in [-0.1, -0.05) is 57.2 Å². The van der Waals surface area contributed by atoms with Crippen LogP contribution in [-0.2, 0) is 19.7 Å². The van der Waals surface area contributed by atoms with E-state index in [2.05, 4.69) is 25.7 Å². The molecule has 192 valence electrons. The first kappa shape index (κ1) is 25.9. The second-order valence-electron chi connectivity index (χ2n) is 10.4. The van der Waals surface area contributed by atoms with Crippen LogP contribution in [0.5, 0.6) is 5.75 Å². The van der Waals surface area contributed by atoms with E-state index in [1.54, 1.807) is 36.3 Å². The summed E-state index contributed by atoms with van der Waals surface area (Å²) in [4.78, 5) is 30.5. The summed E-state index contributed by atoms with van der Waals surface area (Å²) in [6.07, 6.45) is 0.725. The van der Waals surface area contributed by atoms with Crippen LogP contribution in [0.3, 0.4) is 0 Å². The lowest BCUT2D eigenvalue weighted by Gasteiger charge is -2.29. The number of hydrogen-bond donors (Lipinski definition) is 1. The smallest absolute Gasteiger partial charge is 0.295 e. The molecule has 0 aromatic heterocycles. The molecule has 0 aliphatic carbocycles. The molecule has 0 unspecified atom stereocenters. The minimum atomic E-state index is -0.661. The van der Waals surface area contributed by atoms with Gasteiger partial charge in [-0.25, -0.2) is 0 Å². The van der Waals surface area contributed by atoms with Crippen molar-refractivity contribution in [3.63, 3.8) is 0 Å². The number of aliphatic hydroxyl groups excluding tert-OH is 1. The highest BCUT2D eigenvalue weighted by Crippen LogP contribution is 2.40. The second kappa shape index (κ2) is 10.8. The Hall–Kier alpha value is -3.16. The minimum Gasteiger partial charge on any atom is -0.507 e. The number of hydrogen-bond acceptors (Lipinski definition) is 6. The summed E-state index contributed by atoms with van der Waals surface area (Å²) in [6, 6.07) is 14.2. The molecule has 2 aromatic carbocycles. The molecule has 0 bridgehead atoms. The van der Waals surface area contributed by atoms with E-state index in [9.17, 15) is 14.7 Å². The fourth-order valence-corrected chi connectivity index (χ4v) is 4.84. The van der Waals surface area contributed by atoms with Crippen LogP contribution >= 0.6 is 0 Å². The largest absolute Gasteiger partial charge is 0.507 e. The highest BCUT2D eigenvalue weighted by atomic mass is 16.5. The fourth-order valence-electron chi connectivity index (χ4n) is 4.84. The predicted molar refractivity (Wildman–Crippen MR) is 139 cm³/mol. The first-order chi connectivity index (χ1) is 17.2. The van der Waals surface area contributed by atoms with E-state index in [4.69, 9.17) is 9.47 Å². The molecule has 1 N–H and O–H groups in total. The summed E-state index contributed by atoms with van der Waals surface area (Å²) in [7, 11) is 1.54. The predicted octanol–water partition coefficient (Wildman–Crippen LogP) is 4.14. The van der Waals surface area contributed by atoms with Gasteiger partial charge in [0, 0.05) is 31.7 Å². The summed E-state index contributed by atoms with van der Waals surface area (Å²) in [6.45, 7) is 10.8. The van der Waals surface area contributed by atoms with Crippen molar-refractivity contribution in [2.45, 2.75) is 38.6 Å². The number of carbonyl (C=O) groups is 2. The fraction of sp³-hybridized carbons (Fsp3) is 0.448. The zero-order valence-electron chi connectivity index (χ0n) is 21.6. The maximum absolute atomic E-state index is 13.3. The number of carbonyl (C=O) groups excluding carboxylic acids is 2. The van der Waals surface area contributed by atoms with Crippen molar-refractivity contribution in [3.8, 4) is 5.75 Å². The van der Waals surface area contributed by atoms with Gasteiger partial charge in [0.2, 0.25) is 0 Å². The molecule has 0 saturated carbocycles. The van der Waals surface area contributed by atoms with Gasteiger partial charge in [-0.15, -0.1) is 0 Å². The summed E-state index contributed by atoms with van der Waals surface area (Å²) < 4.78 is 10.7. The van der Waals surface area contributed by atoms with E-state index < -0.39 is 17.7 Å². The maximum Gasteiger partial charge on any atom is 0.295 e. The van der Waals surface area contributed by atoms with Crippen molar-refractivity contribution in [3.05, 3.63) is 70.8 Å². The normalized spacial score (nSPS) is 20.7. The average Bonchev–Trinajstić information content (AvgIpc) is 3.13. The number of methoxy groups -OCH3 is 1. The maximum atomic E-state index is 13.3. The van der Waals surface area contributed by atoms with Crippen LogP contribution in [0.4, 0.5) is 0 Å². The van der Waals surface area contributed by atoms with Crippen LogP contribution in [0.1, 0.15) is 49.9 Å². The van der Waals surface area contributed by atoms with Gasteiger partial charge in [0.25, 0.3) is 11.7 Å². The number of morpholine rings is 1. The Morgan fingerprint density at radius 1 is 1.06 bits per heavy atom. The zero-order valence-corrected chi connectivity index (χ0v) is 21.6. The molecule has 2 fully saturated rings. The topological polar surface area (TPSA) is 79.3 Å². The molecule has 2 saturated heterocycles. The third-order valence-corrected chi connectivity index (χ3v) is 6.95. The standard InChI is InChI=1S/C29H36N2O5/c1-29(2,3)22-11-9-20(10-12-22)25-24(26(32)21-7-5-8-23(19-21)35-4)27(33)28(34)31(25)14-6-13-30-15-17-36-18-16-30/h5,7-12,19,25,32H,6,13-18H2,1-4H3/t25-/m0/s1. The molecule has 4 rings (SSSR count). The number of Topliss-reactive ketones (excluding diaryl/α,β-unsaturated/α-hetero) is 1. The van der Waals surface area contributed by atoms with E-state index in [1.807, 2.05) is 24.3 Å². The molecule has 1 atom stereocenters. The van der Waals surface area contributed by atoms with E-state index >= 15 is 0 Å². The zero-order chi connectivity index (χ0) is 25.9. The number of amides is 1. The van der Waals surface area contributed by atoms with Gasteiger partial charge in [-0.05, 0) is 35.1 Å². The minimum absolute atomic E-state index is 0.0287. The number of ketones is 1. The lowest BCUT2D eigenvalue weighted by molar-refractivity contribution is -0.140. The van der Waals surface area contributed by atoms with Crippen molar-refractivity contribution >= 4 is 17.4 Å². The molecule has 7 heteroatoms. The van der Waals surface area contributed by atoms with E-state index in [0.29, 0.717) is 31.1 Å². The molecule has 2 aliphatic rings. The third-order valence-electron chi connectivity index (χ3n) is 6.95. The quantitative estimate of drug-likeness (QED) is 0.356. The molecule has 2 aliphatic heterocycles. The second-order valence-corrected chi connectivity index (χ2v) is 10.4. The first-order valence-electron chi connectivity index (χ1n) is 12.5. The molecule has 36 heavy (non-hydrogen) atoms. The average molecular weight is 493 g/mol. The van der Waals surface area contributed by atoms with Crippen molar-refractivity contribution < 1.29 is 24.2 Å². The van der Waals surface area contributed by atoms with Gasteiger partial charge in [-0.2, -0.15) is 0 Å². The number of likely N-dealkylation sites (tertiary alicyclic amines) is 1. The summed E-state index contributed by atoms with van der Waals surface area (Å²) in [5.41, 5.74) is 2.49. The van der Waals surface area contributed by atoms with Crippen LogP contribution in [-0.4, -0.2) is 73.1 Å². The molecular formula is C29H36N2O5. The lowest BCUT2D eigenvalue weighted by Crippen LogP contribution is -2.39. The summed E-state index contributed by atoms with van der Waals surface area (Å²) in [5, 5.41) is 11.3. The monoisotopic (exact) mass is 492 g/mol. The Balaban J connectivity index is 1.70. The van der Waals surface area contributed by atoms with Crippen molar-refractivity contribution in [2.75, 3.05) is 46.5 Å². The van der Waals surface area contributed by atoms with Crippen LogP contribution in [0.15, 0.2) is 54.1 Å². The van der Waals surface area contributed by atoms with Gasteiger partial charge in [0.1, 0.15) is 11.5 Å². The van der Waals surface area contributed by atoms with E-state index in [-0.39, 0.29) is 16.7 Å². The molecule has 7 nitrogen and oxygen atoms in total. The number of ether oxygens (including phenoxy) is 2. The highest BCUT2D eigenvalue weighted by Gasteiger charge is 2.45. The molecule has 1 amide bonds. The molecular weight excluding hydrogens is 456 g/mol. The highest BCUT2D eigenvalue weighted by molar-refractivity contribution is 6.46. The number of benzene rings is 2. The van der Waals surface area contributed by atoms with Gasteiger partial charge in [0.15, 0.2) is 0 Å². The molecule has 0 spiro atoms. The first-order valence-corrected chi connectivity index (χ1v) is 12.5. The van der Waals surface area contributed by atoms with Crippen LogP contribution in [0.2, 0.25) is 0 Å². The van der Waals surface area contributed by atoms with E-state index in [0.717, 1.165) is 37.2 Å².